The van der Waals surface area contributed by atoms with Gasteiger partial charge in [0, 0.05) is 13.2 Å². The van der Waals surface area contributed by atoms with Gasteiger partial charge in [-0.15, -0.1) is 0 Å². The first-order valence-electron chi connectivity index (χ1n) is 5.61. The van der Waals surface area contributed by atoms with Crippen LogP contribution < -0.4 is 11.1 Å². The van der Waals surface area contributed by atoms with E-state index in [2.05, 4.69) is 5.32 Å². The highest BCUT2D eigenvalue weighted by atomic mass is 16.5. The molecule has 0 saturated carbocycles. The molecule has 1 amide bonds. The molecule has 0 aliphatic heterocycles. The van der Waals surface area contributed by atoms with Crippen LogP contribution in [0.1, 0.15) is 27.2 Å². The Morgan fingerprint density at radius 1 is 1.44 bits per heavy atom. The molecule has 1 atom stereocenters. The molecule has 0 aliphatic carbocycles. The average molecular weight is 232 g/mol. The molecule has 0 aliphatic rings. The molecular weight excluding hydrogens is 208 g/mol. The molecule has 0 heterocycles. The highest BCUT2D eigenvalue weighted by molar-refractivity contribution is 5.82. The van der Waals surface area contributed by atoms with Crippen LogP contribution in [-0.4, -0.2) is 43.4 Å². The van der Waals surface area contributed by atoms with Crippen molar-refractivity contribution in [2.24, 2.45) is 11.1 Å². The second kappa shape index (κ2) is 7.60. The lowest BCUT2D eigenvalue weighted by molar-refractivity contribution is -0.124. The number of amides is 1. The zero-order chi connectivity index (χ0) is 12.6. The highest BCUT2D eigenvalue weighted by Gasteiger charge is 2.26. The van der Waals surface area contributed by atoms with Crippen LogP contribution in [0.4, 0.5) is 0 Å². The number of nitrogens with two attached hydrogens (primary N) is 1. The fourth-order valence-corrected chi connectivity index (χ4v) is 1.06. The fourth-order valence-electron chi connectivity index (χ4n) is 1.06. The molecule has 0 aromatic carbocycles. The van der Waals surface area contributed by atoms with Crippen LogP contribution in [0, 0.1) is 5.41 Å². The molecule has 4 N–H and O–H groups in total. The third-order valence-electron chi connectivity index (χ3n) is 2.22. The normalized spacial score (nSPS) is 13.6. The summed E-state index contributed by atoms with van der Waals surface area (Å²) in [5.41, 5.74) is 5.56. The van der Waals surface area contributed by atoms with E-state index < -0.39 is 6.04 Å². The minimum Gasteiger partial charge on any atom is -0.394 e. The van der Waals surface area contributed by atoms with Gasteiger partial charge in [0.05, 0.1) is 19.3 Å². The van der Waals surface area contributed by atoms with Crippen molar-refractivity contribution in [2.75, 3.05) is 26.4 Å². The fraction of sp³-hybridized carbons (Fsp3) is 0.909. The maximum absolute atomic E-state index is 11.6. The highest BCUT2D eigenvalue weighted by Crippen LogP contribution is 2.16. The predicted octanol–water partition coefficient (Wildman–Crippen LogP) is -0.125. The maximum Gasteiger partial charge on any atom is 0.237 e. The molecule has 0 aromatic heterocycles. The van der Waals surface area contributed by atoms with Crippen LogP contribution in [0.5, 0.6) is 0 Å². The van der Waals surface area contributed by atoms with Gasteiger partial charge in [0.15, 0.2) is 0 Å². The minimum absolute atomic E-state index is 0.0290. The summed E-state index contributed by atoms with van der Waals surface area (Å²) in [6, 6.07) is -0.495. The number of aliphatic hydroxyl groups excluding tert-OH is 1. The lowest BCUT2D eigenvalue weighted by Gasteiger charge is -2.25. The summed E-state index contributed by atoms with van der Waals surface area (Å²) < 4.78 is 5.06. The molecule has 0 aromatic rings. The molecule has 0 rings (SSSR count). The number of ether oxygens (including phenoxy) is 1. The van der Waals surface area contributed by atoms with E-state index in [0.717, 1.165) is 6.42 Å². The van der Waals surface area contributed by atoms with Crippen molar-refractivity contribution in [1.29, 1.82) is 0 Å². The van der Waals surface area contributed by atoms with Gasteiger partial charge in [-0.1, -0.05) is 20.8 Å². The second-order valence-corrected chi connectivity index (χ2v) is 4.82. The van der Waals surface area contributed by atoms with Gasteiger partial charge in [-0.3, -0.25) is 4.79 Å². The Balaban J connectivity index is 3.58. The Bertz CT molecular complexity index is 202. The molecule has 96 valence electrons. The second-order valence-electron chi connectivity index (χ2n) is 4.82. The summed E-state index contributed by atoms with van der Waals surface area (Å²) in [4.78, 5) is 11.6. The molecule has 0 bridgehead atoms. The topological polar surface area (TPSA) is 84.6 Å². The smallest absolute Gasteiger partial charge is 0.237 e. The Hall–Kier alpha value is -0.650. The predicted molar refractivity (Wildman–Crippen MR) is 63.0 cm³/mol. The first kappa shape index (κ1) is 15.3. The van der Waals surface area contributed by atoms with E-state index in [9.17, 15) is 4.79 Å². The lowest BCUT2D eigenvalue weighted by atomic mass is 9.87. The molecule has 0 fully saturated rings. The average Bonchev–Trinajstić information content (AvgIpc) is 2.20. The molecule has 0 spiro atoms. The molecule has 16 heavy (non-hydrogen) atoms. The van der Waals surface area contributed by atoms with Gasteiger partial charge in [0.25, 0.3) is 0 Å². The number of nitrogens with one attached hydrogen (secondary N) is 1. The minimum atomic E-state index is -0.495. The molecule has 5 heteroatoms. The van der Waals surface area contributed by atoms with E-state index in [1.807, 2.05) is 20.8 Å². The first-order chi connectivity index (χ1) is 7.39. The van der Waals surface area contributed by atoms with Gasteiger partial charge in [0.1, 0.15) is 0 Å². The summed E-state index contributed by atoms with van der Waals surface area (Å²) in [6.45, 7) is 7.25. The van der Waals surface area contributed by atoms with E-state index >= 15 is 0 Å². The van der Waals surface area contributed by atoms with E-state index in [-0.39, 0.29) is 17.9 Å². The van der Waals surface area contributed by atoms with Crippen LogP contribution >= 0.6 is 0 Å². The number of hydrogen-bond acceptors (Lipinski definition) is 4. The van der Waals surface area contributed by atoms with Crippen LogP contribution in [0.2, 0.25) is 0 Å². The van der Waals surface area contributed by atoms with E-state index in [4.69, 9.17) is 15.6 Å². The number of aliphatic hydroxyl groups is 1. The van der Waals surface area contributed by atoms with Crippen molar-refractivity contribution in [2.45, 2.75) is 33.2 Å². The number of hydrogen-bond donors (Lipinski definition) is 3. The maximum atomic E-state index is 11.6. The third-order valence-corrected chi connectivity index (χ3v) is 2.22. The summed E-state index contributed by atoms with van der Waals surface area (Å²) in [5, 5.41) is 11.2. The van der Waals surface area contributed by atoms with Crippen molar-refractivity contribution in [1.82, 2.24) is 5.32 Å². The molecule has 0 unspecified atom stereocenters. The monoisotopic (exact) mass is 232 g/mol. The Morgan fingerprint density at radius 2 is 2.06 bits per heavy atom. The molecule has 0 radical (unpaired) electrons. The zero-order valence-corrected chi connectivity index (χ0v) is 10.5. The van der Waals surface area contributed by atoms with Gasteiger partial charge < -0.3 is 20.9 Å². The molecular formula is C11H24N2O3. The van der Waals surface area contributed by atoms with Crippen LogP contribution in [0.25, 0.3) is 0 Å². The Kier molecular flexibility index (Phi) is 7.29. The third kappa shape index (κ3) is 6.76. The van der Waals surface area contributed by atoms with Crippen molar-refractivity contribution >= 4 is 5.91 Å². The largest absolute Gasteiger partial charge is 0.394 e. The summed E-state index contributed by atoms with van der Waals surface area (Å²) in [7, 11) is 0. The first-order valence-corrected chi connectivity index (χ1v) is 5.61. The van der Waals surface area contributed by atoms with Gasteiger partial charge in [-0.2, -0.15) is 0 Å². The SMILES string of the molecule is CC(C)(C)[C@@H](N)C(=O)NCCCOCCO. The van der Waals surface area contributed by atoms with Crippen molar-refractivity contribution in [3.05, 3.63) is 0 Å². The number of rotatable bonds is 7. The quantitative estimate of drug-likeness (QED) is 0.534. The zero-order valence-electron chi connectivity index (χ0n) is 10.5. The van der Waals surface area contributed by atoms with Gasteiger partial charge in [-0.05, 0) is 11.8 Å². The van der Waals surface area contributed by atoms with E-state index in [0.29, 0.717) is 19.8 Å². The van der Waals surface area contributed by atoms with E-state index in [1.165, 1.54) is 0 Å². The lowest BCUT2D eigenvalue weighted by Crippen LogP contribution is -2.48. The van der Waals surface area contributed by atoms with Gasteiger partial charge in [-0.25, -0.2) is 0 Å². The summed E-state index contributed by atoms with van der Waals surface area (Å²) in [5.74, 6) is -0.130. The van der Waals surface area contributed by atoms with Crippen LogP contribution in [0.3, 0.4) is 0 Å². The number of carbonyl (C=O) groups is 1. The summed E-state index contributed by atoms with van der Waals surface area (Å²) >= 11 is 0. The Labute approximate surface area is 97.3 Å². The van der Waals surface area contributed by atoms with Crippen molar-refractivity contribution in [3.8, 4) is 0 Å². The van der Waals surface area contributed by atoms with Gasteiger partial charge >= 0.3 is 0 Å². The molecule has 0 saturated heterocycles. The van der Waals surface area contributed by atoms with Crippen LogP contribution in [-0.2, 0) is 9.53 Å². The summed E-state index contributed by atoms with van der Waals surface area (Å²) in [6.07, 6.45) is 0.725. The van der Waals surface area contributed by atoms with Crippen molar-refractivity contribution < 1.29 is 14.6 Å². The Morgan fingerprint density at radius 3 is 2.56 bits per heavy atom. The number of carbonyl (C=O) groups excluding carboxylic acids is 1. The molecule has 5 nitrogen and oxygen atoms in total. The van der Waals surface area contributed by atoms with Gasteiger partial charge in [0.2, 0.25) is 5.91 Å². The van der Waals surface area contributed by atoms with E-state index in [1.54, 1.807) is 0 Å². The standard InChI is InChI=1S/C11H24N2O3/c1-11(2,3)9(12)10(15)13-5-4-7-16-8-6-14/h9,14H,4-8,12H2,1-3H3,(H,13,15)/t9-/m0/s1. The van der Waals surface area contributed by atoms with Crippen molar-refractivity contribution in [3.63, 3.8) is 0 Å². The van der Waals surface area contributed by atoms with Crippen LogP contribution in [0.15, 0.2) is 0 Å².